The monoisotopic (exact) mass is 437 g/mol. The van der Waals surface area contributed by atoms with Crippen LogP contribution in [-0.2, 0) is 16.4 Å². The fourth-order valence-electron chi connectivity index (χ4n) is 3.50. The molecule has 0 atom stereocenters. The number of hydrogen-bond acceptors (Lipinski definition) is 4. The Kier molecular flexibility index (Phi) is 6.75. The number of benzene rings is 2. The molecule has 2 aromatic carbocycles. The summed E-state index contributed by atoms with van der Waals surface area (Å²) in [6.07, 6.45) is 2.29. The van der Waals surface area contributed by atoms with Crippen molar-refractivity contribution in [2.45, 2.75) is 39.0 Å². The first-order valence-electron chi connectivity index (χ1n) is 10.1. The molecule has 1 amide bonds. The van der Waals surface area contributed by atoms with Crippen LogP contribution >= 0.6 is 0 Å². The number of rotatable bonds is 7. The van der Waals surface area contributed by atoms with Gasteiger partial charge in [0.05, 0.1) is 16.1 Å². The van der Waals surface area contributed by atoms with Crippen molar-refractivity contribution < 1.29 is 13.2 Å². The number of aryl methyl sites for hydroxylation is 2. The number of anilines is 1. The Labute approximate surface area is 183 Å². The zero-order chi connectivity index (χ0) is 22.6. The van der Waals surface area contributed by atoms with Crippen molar-refractivity contribution in [2.24, 2.45) is 0 Å². The van der Waals surface area contributed by atoms with Gasteiger partial charge in [0, 0.05) is 24.9 Å². The van der Waals surface area contributed by atoms with Gasteiger partial charge in [0.2, 0.25) is 0 Å². The Morgan fingerprint density at radius 1 is 0.935 bits per heavy atom. The Morgan fingerprint density at radius 3 is 2.23 bits per heavy atom. The predicted octanol–water partition coefficient (Wildman–Crippen LogP) is 4.09. The summed E-state index contributed by atoms with van der Waals surface area (Å²) in [5.74, 6) is -0.344. The minimum Gasteiger partial charge on any atom is -0.352 e. The van der Waals surface area contributed by atoms with E-state index in [1.807, 2.05) is 38.1 Å². The highest BCUT2D eigenvalue weighted by Gasteiger charge is 2.24. The zero-order valence-corrected chi connectivity index (χ0v) is 19.0. The lowest BCUT2D eigenvalue weighted by Gasteiger charge is -2.18. The summed E-state index contributed by atoms with van der Waals surface area (Å²) in [5.41, 5.74) is 4.61. The molecule has 162 valence electrons. The third-order valence-corrected chi connectivity index (χ3v) is 7.01. The van der Waals surface area contributed by atoms with Gasteiger partial charge in [0.1, 0.15) is 0 Å². The average Bonchev–Trinajstić information content (AvgIpc) is 2.73. The number of amides is 1. The first kappa shape index (κ1) is 22.5. The van der Waals surface area contributed by atoms with Crippen LogP contribution in [0.25, 0.3) is 0 Å². The van der Waals surface area contributed by atoms with Crippen LogP contribution in [0.1, 0.15) is 38.3 Å². The van der Waals surface area contributed by atoms with Crippen molar-refractivity contribution in [1.82, 2.24) is 10.3 Å². The van der Waals surface area contributed by atoms with E-state index in [0.717, 1.165) is 16.8 Å². The van der Waals surface area contributed by atoms with E-state index < -0.39 is 10.0 Å². The second-order valence-electron chi connectivity index (χ2n) is 7.57. The first-order chi connectivity index (χ1) is 14.7. The molecular formula is C24H27N3O3S. The lowest BCUT2D eigenvalue weighted by molar-refractivity contribution is 0.0955. The summed E-state index contributed by atoms with van der Waals surface area (Å²) in [6, 6.07) is 14.2. The molecular weight excluding hydrogens is 410 g/mol. The number of pyridine rings is 1. The SMILES string of the molecule is Cc1cc(C)c(C)c(S(=O)(=O)Nc2ccccc2C(=O)NCCc2ccccn2)c1C. The molecule has 0 fully saturated rings. The lowest BCUT2D eigenvalue weighted by Crippen LogP contribution is -2.27. The summed E-state index contributed by atoms with van der Waals surface area (Å²) in [5, 5.41) is 2.84. The number of aromatic nitrogens is 1. The summed E-state index contributed by atoms with van der Waals surface area (Å²) in [4.78, 5) is 17.2. The highest BCUT2D eigenvalue weighted by atomic mass is 32.2. The van der Waals surface area contributed by atoms with E-state index in [9.17, 15) is 13.2 Å². The molecule has 1 aromatic heterocycles. The molecule has 1 heterocycles. The van der Waals surface area contributed by atoms with Gasteiger partial charge < -0.3 is 5.32 Å². The zero-order valence-electron chi connectivity index (χ0n) is 18.2. The van der Waals surface area contributed by atoms with Crippen molar-refractivity contribution in [1.29, 1.82) is 0 Å². The van der Waals surface area contributed by atoms with Crippen LogP contribution in [0.5, 0.6) is 0 Å². The molecule has 0 saturated carbocycles. The average molecular weight is 438 g/mol. The van der Waals surface area contributed by atoms with Crippen molar-refractivity contribution in [3.8, 4) is 0 Å². The highest BCUT2D eigenvalue weighted by molar-refractivity contribution is 7.92. The van der Waals surface area contributed by atoms with Gasteiger partial charge in [-0.25, -0.2) is 8.42 Å². The maximum atomic E-state index is 13.3. The van der Waals surface area contributed by atoms with Crippen LogP contribution in [0.3, 0.4) is 0 Å². The lowest BCUT2D eigenvalue weighted by atomic mass is 10.0. The normalized spacial score (nSPS) is 11.2. The number of para-hydroxylation sites is 1. The molecule has 3 aromatic rings. The second kappa shape index (κ2) is 9.31. The summed E-state index contributed by atoms with van der Waals surface area (Å²) < 4.78 is 29.2. The van der Waals surface area contributed by atoms with Gasteiger partial charge in [0.15, 0.2) is 0 Å². The maximum absolute atomic E-state index is 13.3. The Hall–Kier alpha value is -3.19. The predicted molar refractivity (Wildman–Crippen MR) is 123 cm³/mol. The van der Waals surface area contributed by atoms with E-state index >= 15 is 0 Å². The molecule has 0 saturated heterocycles. The number of nitrogens with zero attached hydrogens (tertiary/aromatic N) is 1. The molecule has 3 rings (SSSR count). The van der Waals surface area contributed by atoms with Gasteiger partial charge in [0.25, 0.3) is 15.9 Å². The van der Waals surface area contributed by atoms with E-state index in [4.69, 9.17) is 0 Å². The fourth-order valence-corrected chi connectivity index (χ4v) is 5.19. The van der Waals surface area contributed by atoms with Gasteiger partial charge in [-0.3, -0.25) is 14.5 Å². The van der Waals surface area contributed by atoms with E-state index in [-0.39, 0.29) is 22.1 Å². The fraction of sp³-hybridized carbons (Fsp3) is 0.250. The molecule has 31 heavy (non-hydrogen) atoms. The number of nitrogens with one attached hydrogen (secondary N) is 2. The number of carbonyl (C=O) groups is 1. The van der Waals surface area contributed by atoms with E-state index in [1.165, 1.54) is 0 Å². The molecule has 7 heteroatoms. The van der Waals surface area contributed by atoms with Gasteiger partial charge >= 0.3 is 0 Å². The molecule has 2 N–H and O–H groups in total. The van der Waals surface area contributed by atoms with Crippen LogP contribution in [0.4, 0.5) is 5.69 Å². The topological polar surface area (TPSA) is 88.2 Å². The summed E-state index contributed by atoms with van der Waals surface area (Å²) in [7, 11) is -3.88. The van der Waals surface area contributed by atoms with Crippen LogP contribution < -0.4 is 10.0 Å². The molecule has 0 bridgehead atoms. The Balaban J connectivity index is 1.83. The third kappa shape index (κ3) is 5.11. The van der Waals surface area contributed by atoms with Crippen LogP contribution in [0.2, 0.25) is 0 Å². The third-order valence-electron chi connectivity index (χ3n) is 5.37. The van der Waals surface area contributed by atoms with Crippen molar-refractivity contribution in [2.75, 3.05) is 11.3 Å². The van der Waals surface area contributed by atoms with Crippen LogP contribution in [-0.4, -0.2) is 25.9 Å². The van der Waals surface area contributed by atoms with E-state index in [2.05, 4.69) is 15.0 Å². The highest BCUT2D eigenvalue weighted by Crippen LogP contribution is 2.28. The number of sulfonamides is 1. The molecule has 6 nitrogen and oxygen atoms in total. The summed E-state index contributed by atoms with van der Waals surface area (Å²) >= 11 is 0. The smallest absolute Gasteiger partial charge is 0.262 e. The number of carbonyl (C=O) groups excluding carboxylic acids is 1. The minimum absolute atomic E-state index is 0.246. The summed E-state index contributed by atoms with van der Waals surface area (Å²) in [6.45, 7) is 7.78. The van der Waals surface area contributed by atoms with E-state index in [0.29, 0.717) is 24.1 Å². The Bertz CT molecular complexity index is 1180. The molecule has 0 aliphatic heterocycles. The first-order valence-corrected chi connectivity index (χ1v) is 11.6. The molecule has 0 spiro atoms. The second-order valence-corrected chi connectivity index (χ2v) is 9.19. The molecule has 0 aliphatic carbocycles. The van der Waals surface area contributed by atoms with Gasteiger partial charge in [-0.1, -0.05) is 24.3 Å². The largest absolute Gasteiger partial charge is 0.352 e. The van der Waals surface area contributed by atoms with E-state index in [1.54, 1.807) is 44.3 Å². The van der Waals surface area contributed by atoms with Gasteiger partial charge in [-0.2, -0.15) is 0 Å². The van der Waals surface area contributed by atoms with Crippen LogP contribution in [0.15, 0.2) is 59.6 Å². The Morgan fingerprint density at radius 2 is 1.58 bits per heavy atom. The van der Waals surface area contributed by atoms with Crippen LogP contribution in [0, 0.1) is 27.7 Å². The molecule has 0 unspecified atom stereocenters. The number of hydrogen-bond donors (Lipinski definition) is 2. The van der Waals surface area contributed by atoms with Crippen molar-refractivity contribution in [3.63, 3.8) is 0 Å². The standard InChI is InChI=1S/C24H27N3O3S/c1-16-15-17(2)19(4)23(18(16)3)31(29,30)27-22-11-6-5-10-21(22)24(28)26-14-12-20-9-7-8-13-25-20/h5-11,13,15,27H,12,14H2,1-4H3,(H,26,28). The molecule has 0 radical (unpaired) electrons. The van der Waals surface area contributed by atoms with Gasteiger partial charge in [-0.05, 0) is 74.2 Å². The molecule has 0 aliphatic rings. The quantitative estimate of drug-likeness (QED) is 0.583. The minimum atomic E-state index is -3.88. The van der Waals surface area contributed by atoms with Crippen molar-refractivity contribution in [3.05, 3.63) is 88.2 Å². The van der Waals surface area contributed by atoms with Crippen molar-refractivity contribution >= 4 is 21.6 Å². The van der Waals surface area contributed by atoms with Gasteiger partial charge in [-0.15, -0.1) is 0 Å². The maximum Gasteiger partial charge on any atom is 0.262 e.